The van der Waals surface area contributed by atoms with Crippen LogP contribution in [-0.4, -0.2) is 16.9 Å². The summed E-state index contributed by atoms with van der Waals surface area (Å²) in [5, 5.41) is 9.31. The second-order valence-electron chi connectivity index (χ2n) is 2.97. The van der Waals surface area contributed by atoms with Crippen molar-refractivity contribution in [3.05, 3.63) is 40.4 Å². The summed E-state index contributed by atoms with van der Waals surface area (Å²) >= 11 is 5.67. The fraction of sp³-hybridized carbons (Fsp3) is 0.0909. The maximum absolute atomic E-state index is 11.0. The monoisotopic (exact) mass is 224 g/mol. The van der Waals surface area contributed by atoms with Crippen LogP contribution in [0.5, 0.6) is 0 Å². The number of rotatable bonds is 3. The molecule has 0 radical (unpaired) electrons. The van der Waals surface area contributed by atoms with Gasteiger partial charge in [0.15, 0.2) is 5.78 Å². The van der Waals surface area contributed by atoms with Gasteiger partial charge in [0.2, 0.25) is 0 Å². The van der Waals surface area contributed by atoms with Crippen LogP contribution in [0.1, 0.15) is 12.5 Å². The number of carbonyl (C=O) groups is 2. The molecular weight excluding hydrogens is 216 g/mol. The summed E-state index contributed by atoms with van der Waals surface area (Å²) in [5.74, 6) is -1.70. The summed E-state index contributed by atoms with van der Waals surface area (Å²) in [6.45, 7) is 1.22. The van der Waals surface area contributed by atoms with E-state index in [1.54, 1.807) is 24.3 Å². The van der Waals surface area contributed by atoms with Crippen molar-refractivity contribution < 1.29 is 14.7 Å². The van der Waals surface area contributed by atoms with E-state index in [4.69, 9.17) is 16.7 Å². The van der Waals surface area contributed by atoms with E-state index in [2.05, 4.69) is 0 Å². The number of aliphatic carboxylic acids is 1. The third-order valence-corrected chi connectivity index (χ3v) is 2.04. The lowest BCUT2D eigenvalue weighted by Gasteiger charge is -1.97. The number of Topliss-reactive ketones (excluding diaryl/α,β-unsaturated/α-hetero) is 1. The molecule has 0 saturated heterocycles. The minimum absolute atomic E-state index is 0.239. The number of carboxylic acid groups (broad SMARTS) is 1. The quantitative estimate of drug-likeness (QED) is 0.487. The molecule has 0 atom stereocenters. The molecule has 78 valence electrons. The Morgan fingerprint density at radius 2 is 1.80 bits per heavy atom. The first-order valence-electron chi connectivity index (χ1n) is 4.22. The van der Waals surface area contributed by atoms with Crippen molar-refractivity contribution in [3.63, 3.8) is 0 Å². The van der Waals surface area contributed by atoms with Crippen LogP contribution in [0.25, 0.3) is 6.08 Å². The zero-order valence-corrected chi connectivity index (χ0v) is 8.78. The predicted octanol–water partition coefficient (Wildman–Crippen LogP) is 2.40. The van der Waals surface area contributed by atoms with Gasteiger partial charge in [0.25, 0.3) is 0 Å². The van der Waals surface area contributed by atoms with E-state index < -0.39 is 11.8 Å². The van der Waals surface area contributed by atoms with Crippen molar-refractivity contribution in [2.75, 3.05) is 0 Å². The van der Waals surface area contributed by atoms with Gasteiger partial charge in [-0.2, -0.15) is 0 Å². The summed E-state index contributed by atoms with van der Waals surface area (Å²) in [6.07, 6.45) is 1.32. The van der Waals surface area contributed by atoms with Gasteiger partial charge in [-0.25, -0.2) is 4.79 Å². The predicted molar refractivity (Wildman–Crippen MR) is 57.7 cm³/mol. The van der Waals surface area contributed by atoms with E-state index in [-0.39, 0.29) is 5.57 Å². The number of ketones is 1. The van der Waals surface area contributed by atoms with Crippen LogP contribution < -0.4 is 0 Å². The molecule has 4 heteroatoms. The fourth-order valence-electron chi connectivity index (χ4n) is 1.04. The second-order valence-corrected chi connectivity index (χ2v) is 3.41. The highest BCUT2D eigenvalue weighted by molar-refractivity contribution is 6.30. The van der Waals surface area contributed by atoms with Crippen molar-refractivity contribution in [2.24, 2.45) is 0 Å². The molecule has 0 unspecified atom stereocenters. The Hall–Kier alpha value is -1.61. The summed E-state index contributed by atoms with van der Waals surface area (Å²) in [5.41, 5.74) is 0.393. The maximum atomic E-state index is 11.0. The van der Waals surface area contributed by atoms with Crippen molar-refractivity contribution in [1.82, 2.24) is 0 Å². The molecule has 0 aliphatic carbocycles. The third kappa shape index (κ3) is 3.22. The first kappa shape index (κ1) is 11.5. The lowest BCUT2D eigenvalue weighted by Crippen LogP contribution is -2.08. The fourth-order valence-corrected chi connectivity index (χ4v) is 1.17. The lowest BCUT2D eigenvalue weighted by atomic mass is 10.1. The molecule has 0 saturated carbocycles. The van der Waals surface area contributed by atoms with Gasteiger partial charge in [-0.3, -0.25) is 4.79 Å². The summed E-state index contributed by atoms with van der Waals surface area (Å²) in [6, 6.07) is 6.56. The third-order valence-electron chi connectivity index (χ3n) is 1.79. The zero-order valence-electron chi connectivity index (χ0n) is 8.03. The number of halogens is 1. The van der Waals surface area contributed by atoms with Gasteiger partial charge in [0, 0.05) is 5.02 Å². The van der Waals surface area contributed by atoms with Gasteiger partial charge < -0.3 is 5.11 Å². The van der Waals surface area contributed by atoms with Gasteiger partial charge in [-0.05, 0) is 30.7 Å². The van der Waals surface area contributed by atoms with Crippen LogP contribution in [0.2, 0.25) is 5.02 Å². The Labute approximate surface area is 92.0 Å². The molecule has 0 aliphatic rings. The molecule has 0 amide bonds. The number of benzene rings is 1. The molecule has 0 spiro atoms. The van der Waals surface area contributed by atoms with Gasteiger partial charge >= 0.3 is 5.97 Å². The average molecular weight is 225 g/mol. The molecule has 0 heterocycles. The van der Waals surface area contributed by atoms with E-state index in [0.29, 0.717) is 10.6 Å². The first-order chi connectivity index (χ1) is 7.00. The highest BCUT2D eigenvalue weighted by Crippen LogP contribution is 2.13. The zero-order chi connectivity index (χ0) is 11.4. The van der Waals surface area contributed by atoms with E-state index in [9.17, 15) is 9.59 Å². The smallest absolute Gasteiger partial charge is 0.339 e. The van der Waals surface area contributed by atoms with Crippen LogP contribution >= 0.6 is 11.6 Å². The summed E-state index contributed by atoms with van der Waals surface area (Å²) < 4.78 is 0. The van der Waals surface area contributed by atoms with Crippen LogP contribution in [0.15, 0.2) is 29.8 Å². The molecule has 15 heavy (non-hydrogen) atoms. The molecule has 0 aliphatic heterocycles. The minimum atomic E-state index is -1.22. The standard InChI is InChI=1S/C11H9ClO3/c1-7(13)10(11(14)15)6-8-2-4-9(12)5-3-8/h2-6H,1H3,(H,14,15)/b10-6-. The minimum Gasteiger partial charge on any atom is -0.478 e. The number of hydrogen-bond donors (Lipinski definition) is 1. The van der Waals surface area contributed by atoms with Crippen molar-refractivity contribution in [2.45, 2.75) is 6.92 Å². The lowest BCUT2D eigenvalue weighted by molar-refractivity contribution is -0.134. The maximum Gasteiger partial charge on any atom is 0.339 e. The largest absolute Gasteiger partial charge is 0.478 e. The number of carbonyl (C=O) groups excluding carboxylic acids is 1. The van der Waals surface area contributed by atoms with Crippen LogP contribution in [0.4, 0.5) is 0 Å². The summed E-state index contributed by atoms with van der Waals surface area (Å²) in [7, 11) is 0. The van der Waals surface area contributed by atoms with E-state index in [1.165, 1.54) is 13.0 Å². The SMILES string of the molecule is CC(=O)/C(=C/c1ccc(Cl)cc1)C(=O)O. The second kappa shape index (κ2) is 4.75. The molecule has 0 fully saturated rings. The van der Waals surface area contributed by atoms with Gasteiger partial charge in [-0.1, -0.05) is 23.7 Å². The molecule has 0 aromatic heterocycles. The molecule has 0 bridgehead atoms. The van der Waals surface area contributed by atoms with Crippen molar-refractivity contribution in [3.8, 4) is 0 Å². The van der Waals surface area contributed by atoms with Crippen LogP contribution in [-0.2, 0) is 9.59 Å². The molecule has 1 aromatic rings. The Bertz CT molecular complexity index is 402. The average Bonchev–Trinajstić information content (AvgIpc) is 2.15. The Kier molecular flexibility index (Phi) is 3.63. The topological polar surface area (TPSA) is 54.4 Å². The molecular formula is C11H9ClO3. The molecule has 1 N–H and O–H groups in total. The van der Waals surface area contributed by atoms with Crippen molar-refractivity contribution in [1.29, 1.82) is 0 Å². The normalized spacial score (nSPS) is 11.2. The van der Waals surface area contributed by atoms with Crippen LogP contribution in [0.3, 0.4) is 0 Å². The molecule has 3 nitrogen and oxygen atoms in total. The first-order valence-corrected chi connectivity index (χ1v) is 4.60. The molecule has 1 aromatic carbocycles. The van der Waals surface area contributed by atoms with E-state index in [0.717, 1.165) is 0 Å². The molecule has 1 rings (SSSR count). The number of carboxylic acids is 1. The van der Waals surface area contributed by atoms with Crippen molar-refractivity contribution >= 4 is 29.4 Å². The summed E-state index contributed by atoms with van der Waals surface area (Å²) in [4.78, 5) is 21.7. The van der Waals surface area contributed by atoms with Crippen LogP contribution in [0, 0.1) is 0 Å². The van der Waals surface area contributed by atoms with Gasteiger partial charge in [0.1, 0.15) is 5.57 Å². The Morgan fingerprint density at radius 3 is 2.20 bits per heavy atom. The van der Waals surface area contributed by atoms with Gasteiger partial charge in [-0.15, -0.1) is 0 Å². The Balaban J connectivity index is 3.08. The highest BCUT2D eigenvalue weighted by Gasteiger charge is 2.12. The Morgan fingerprint density at radius 1 is 1.27 bits per heavy atom. The highest BCUT2D eigenvalue weighted by atomic mass is 35.5. The van der Waals surface area contributed by atoms with Gasteiger partial charge in [0.05, 0.1) is 0 Å². The number of hydrogen-bond acceptors (Lipinski definition) is 2. The van der Waals surface area contributed by atoms with E-state index >= 15 is 0 Å². The van der Waals surface area contributed by atoms with E-state index in [1.807, 2.05) is 0 Å².